The number of rotatable bonds is 6. The Balaban J connectivity index is 1.66. The molecule has 0 atom stereocenters. The summed E-state index contributed by atoms with van der Waals surface area (Å²) in [5.41, 5.74) is -4.32. The number of aromatic amines is 1. The summed E-state index contributed by atoms with van der Waals surface area (Å²) in [7, 11) is 0. The summed E-state index contributed by atoms with van der Waals surface area (Å²) >= 11 is 5.39. The lowest BCUT2D eigenvalue weighted by Crippen LogP contribution is -2.44. The monoisotopic (exact) mass is 533 g/mol. The summed E-state index contributed by atoms with van der Waals surface area (Å²) in [4.78, 5) is 22.3. The van der Waals surface area contributed by atoms with Crippen molar-refractivity contribution in [1.29, 1.82) is 5.26 Å². The molecule has 2 heterocycles. The van der Waals surface area contributed by atoms with E-state index in [9.17, 15) is 22.4 Å². The van der Waals surface area contributed by atoms with E-state index in [2.05, 4.69) is 9.97 Å². The van der Waals surface area contributed by atoms with Crippen LogP contribution < -0.4 is 9.80 Å². The van der Waals surface area contributed by atoms with Crippen molar-refractivity contribution in [3.8, 4) is 6.07 Å². The van der Waals surface area contributed by atoms with Gasteiger partial charge in [-0.05, 0) is 68.7 Å². The Labute approximate surface area is 214 Å². The molecule has 0 unspecified atom stereocenters. The molecule has 0 radical (unpaired) electrons. The van der Waals surface area contributed by atoms with Gasteiger partial charge in [0.05, 0.1) is 17.3 Å². The van der Waals surface area contributed by atoms with Gasteiger partial charge in [0, 0.05) is 24.5 Å². The number of nitrogens with zero attached hydrogens (tertiary/aromatic N) is 4. The molecule has 1 amide bonds. The predicted molar refractivity (Wildman–Crippen MR) is 130 cm³/mol. The van der Waals surface area contributed by atoms with Crippen LogP contribution in [0.2, 0.25) is 0 Å². The fourth-order valence-corrected chi connectivity index (χ4v) is 4.82. The largest absolute Gasteiger partial charge is 0.420 e. The number of H-pyrrole nitrogens is 1. The van der Waals surface area contributed by atoms with Crippen molar-refractivity contribution < 1.29 is 26.7 Å². The van der Waals surface area contributed by atoms with Gasteiger partial charge in [0.1, 0.15) is 22.7 Å². The van der Waals surface area contributed by atoms with E-state index >= 15 is 4.39 Å². The van der Waals surface area contributed by atoms with Gasteiger partial charge in [0.2, 0.25) is 0 Å². The van der Waals surface area contributed by atoms with Gasteiger partial charge in [-0.25, -0.2) is 13.8 Å². The highest BCUT2D eigenvalue weighted by molar-refractivity contribution is 7.81. The number of hydrogen-bond acceptors (Lipinski definition) is 4. The molecular formula is C25H20F5N5OS. The van der Waals surface area contributed by atoms with Gasteiger partial charge in [0.15, 0.2) is 10.9 Å². The van der Waals surface area contributed by atoms with Crippen molar-refractivity contribution in [2.45, 2.75) is 44.8 Å². The normalized spacial score (nSPS) is 15.4. The average molecular weight is 534 g/mol. The molecular weight excluding hydrogens is 513 g/mol. The van der Waals surface area contributed by atoms with Crippen LogP contribution in [0.1, 0.15) is 42.8 Å². The Morgan fingerprint density at radius 3 is 2.49 bits per heavy atom. The lowest BCUT2D eigenvalue weighted by molar-refractivity contribution is -0.140. The summed E-state index contributed by atoms with van der Waals surface area (Å²) in [6, 6.07) is 7.27. The van der Waals surface area contributed by atoms with Crippen LogP contribution in [0.5, 0.6) is 0 Å². The van der Waals surface area contributed by atoms with Gasteiger partial charge in [-0.15, -0.1) is 0 Å². The summed E-state index contributed by atoms with van der Waals surface area (Å²) in [5.74, 6) is -2.37. The van der Waals surface area contributed by atoms with Crippen LogP contribution in [-0.2, 0) is 23.8 Å². The summed E-state index contributed by atoms with van der Waals surface area (Å²) in [6.45, 7) is 2.89. The molecule has 0 bridgehead atoms. The number of alkyl halides is 3. The number of aromatic nitrogens is 2. The lowest BCUT2D eigenvalue weighted by atomic mass is 10.0. The number of hydrogen-bond donors (Lipinski definition) is 1. The number of carbonyl (C=O) groups excluding carboxylic acids is 1. The summed E-state index contributed by atoms with van der Waals surface area (Å²) < 4.78 is 70.7. The molecule has 0 spiro atoms. The molecule has 1 aromatic heterocycles. The van der Waals surface area contributed by atoms with E-state index in [1.54, 1.807) is 24.5 Å². The minimum atomic E-state index is -5.18. The highest BCUT2D eigenvalue weighted by atomic mass is 32.1. The third-order valence-corrected chi connectivity index (χ3v) is 6.51. The maximum Gasteiger partial charge on any atom is 0.420 e. The Hall–Kier alpha value is -3.85. The highest BCUT2D eigenvalue weighted by Crippen LogP contribution is 2.42. The Morgan fingerprint density at radius 1 is 1.16 bits per heavy atom. The number of carbonyl (C=O) groups is 1. The average Bonchev–Trinajstić information content (AvgIpc) is 3.39. The number of imidazole rings is 1. The number of thiocarbonyl (C=S) groups is 1. The van der Waals surface area contributed by atoms with Crippen LogP contribution in [0.4, 0.5) is 33.3 Å². The second-order valence-corrected chi connectivity index (χ2v) is 9.28. The summed E-state index contributed by atoms with van der Waals surface area (Å²) in [6.07, 6.45) is -0.184. The number of amides is 1. The minimum Gasteiger partial charge on any atom is -0.349 e. The topological polar surface area (TPSA) is 76.0 Å². The fraction of sp³-hybridized carbons (Fsp3) is 0.280. The van der Waals surface area contributed by atoms with Gasteiger partial charge in [0.25, 0.3) is 5.91 Å². The Morgan fingerprint density at radius 2 is 1.89 bits per heavy atom. The zero-order chi connectivity index (χ0) is 27.1. The molecule has 1 N–H and O–H groups in total. The van der Waals surface area contributed by atoms with Crippen molar-refractivity contribution in [3.05, 3.63) is 76.9 Å². The zero-order valence-electron chi connectivity index (χ0n) is 19.7. The molecule has 1 saturated heterocycles. The first-order valence-corrected chi connectivity index (χ1v) is 11.5. The first kappa shape index (κ1) is 26.2. The number of benzene rings is 2. The lowest BCUT2D eigenvalue weighted by Gasteiger charge is -2.29. The van der Waals surface area contributed by atoms with Crippen molar-refractivity contribution in [2.75, 3.05) is 9.80 Å². The molecule has 1 aliphatic heterocycles. The Bertz CT molecular complexity index is 1410. The molecule has 37 heavy (non-hydrogen) atoms. The molecule has 0 aliphatic carbocycles. The van der Waals surface area contributed by atoms with Crippen molar-refractivity contribution in [1.82, 2.24) is 9.97 Å². The third kappa shape index (κ3) is 4.67. The molecule has 3 aromatic rings. The fourth-order valence-electron chi connectivity index (χ4n) is 4.31. The number of aryl methyl sites for hydroxylation is 2. The third-order valence-electron chi connectivity index (χ3n) is 6.14. The van der Waals surface area contributed by atoms with E-state index in [0.29, 0.717) is 29.7 Å². The predicted octanol–water partition coefficient (Wildman–Crippen LogP) is 5.67. The smallest absolute Gasteiger partial charge is 0.349 e. The van der Waals surface area contributed by atoms with Crippen molar-refractivity contribution in [3.63, 3.8) is 0 Å². The number of nitriles is 1. The molecule has 192 valence electrons. The maximum absolute atomic E-state index is 15.1. The molecule has 4 rings (SSSR count). The first-order valence-electron chi connectivity index (χ1n) is 11.1. The second kappa shape index (κ2) is 9.55. The quantitative estimate of drug-likeness (QED) is 0.327. The number of anilines is 2. The number of halogens is 5. The van der Waals surface area contributed by atoms with Crippen LogP contribution in [0.15, 0.2) is 42.7 Å². The zero-order valence-corrected chi connectivity index (χ0v) is 20.5. The van der Waals surface area contributed by atoms with E-state index < -0.39 is 46.1 Å². The van der Waals surface area contributed by atoms with Crippen LogP contribution >= 0.6 is 12.2 Å². The van der Waals surface area contributed by atoms with Gasteiger partial charge < -0.3 is 9.88 Å². The molecule has 12 heteroatoms. The molecule has 0 saturated carbocycles. The van der Waals surface area contributed by atoms with E-state index in [1.807, 2.05) is 0 Å². The van der Waals surface area contributed by atoms with Crippen molar-refractivity contribution >= 4 is 34.6 Å². The number of nitrogens with one attached hydrogen (secondary N) is 1. The van der Waals surface area contributed by atoms with Gasteiger partial charge in [-0.1, -0.05) is 6.07 Å². The van der Waals surface area contributed by atoms with E-state index in [4.69, 9.17) is 17.5 Å². The maximum atomic E-state index is 15.1. The van der Waals surface area contributed by atoms with Crippen LogP contribution in [0.25, 0.3) is 0 Å². The summed E-state index contributed by atoms with van der Waals surface area (Å²) in [5, 5.41) is 8.70. The molecule has 2 aromatic carbocycles. The molecule has 1 aliphatic rings. The van der Waals surface area contributed by atoms with Crippen LogP contribution in [0.3, 0.4) is 0 Å². The van der Waals surface area contributed by atoms with Gasteiger partial charge >= 0.3 is 6.18 Å². The molecule has 6 nitrogen and oxygen atoms in total. The van der Waals surface area contributed by atoms with Crippen LogP contribution in [0, 0.1) is 23.0 Å². The van der Waals surface area contributed by atoms with E-state index in [-0.39, 0.29) is 10.8 Å². The van der Waals surface area contributed by atoms with E-state index in [1.165, 1.54) is 30.9 Å². The van der Waals surface area contributed by atoms with Gasteiger partial charge in [-0.3, -0.25) is 9.69 Å². The molecule has 1 fully saturated rings. The first-order chi connectivity index (χ1) is 17.4. The Kier molecular flexibility index (Phi) is 6.77. The van der Waals surface area contributed by atoms with Crippen LogP contribution in [-0.4, -0.2) is 26.5 Å². The van der Waals surface area contributed by atoms with Gasteiger partial charge in [-0.2, -0.15) is 18.4 Å². The second-order valence-electron chi connectivity index (χ2n) is 8.91. The minimum absolute atomic E-state index is 0.184. The highest BCUT2D eigenvalue weighted by Gasteiger charge is 2.52. The van der Waals surface area contributed by atoms with E-state index in [0.717, 1.165) is 18.0 Å². The standard InChI is InChI=1S/C25H20F5N5OS/c1-24(2)22(36)34(18-9-7-15(13-31)20(21(18)27)25(28,29)30)23(37)35(24)16-8-6-14(17(26)12-16)4-3-5-19-32-10-11-33-19/h6-12H,3-5H2,1-2H3,(H,32,33). The van der Waals surface area contributed by atoms with Crippen molar-refractivity contribution in [2.24, 2.45) is 0 Å². The SMILES string of the molecule is CC1(C)C(=O)N(c2ccc(C#N)c(C(F)(F)F)c2F)C(=S)N1c1ccc(CCCc2ncc[nH]2)c(F)c1.